The van der Waals surface area contributed by atoms with E-state index in [-0.39, 0.29) is 42.7 Å². The minimum atomic E-state index is -4.61. The van der Waals surface area contributed by atoms with Crippen molar-refractivity contribution in [2.45, 2.75) is 45.4 Å². The third kappa shape index (κ3) is 7.69. The Morgan fingerprint density at radius 2 is 1.83 bits per heavy atom. The third-order valence-electron chi connectivity index (χ3n) is 6.68. The maximum atomic E-state index is 13.9. The van der Waals surface area contributed by atoms with E-state index in [4.69, 9.17) is 19.3 Å². The monoisotopic (exact) mass is 593 g/mol. The molecule has 2 heterocycles. The second kappa shape index (κ2) is 12.0. The summed E-state index contributed by atoms with van der Waals surface area (Å²) in [4.78, 5) is 15.2. The van der Waals surface area contributed by atoms with E-state index < -0.39 is 34.2 Å². The zero-order valence-corrected chi connectivity index (χ0v) is 23.6. The topological polar surface area (TPSA) is 112 Å². The Bertz CT molecular complexity index is 1530. The van der Waals surface area contributed by atoms with Crippen molar-refractivity contribution in [1.82, 2.24) is 4.98 Å². The van der Waals surface area contributed by atoms with Crippen molar-refractivity contribution in [3.63, 3.8) is 0 Å². The number of benzene rings is 2. The van der Waals surface area contributed by atoms with Crippen LogP contribution in [-0.2, 0) is 27.4 Å². The smallest absolute Gasteiger partial charge is 0.416 e. The fourth-order valence-corrected chi connectivity index (χ4v) is 5.51. The Hall–Kier alpha value is -3.80. The molecule has 8 nitrogen and oxygen atoms in total. The van der Waals surface area contributed by atoms with Crippen LogP contribution in [0.4, 0.5) is 13.2 Å². The fourth-order valence-electron chi connectivity index (χ4n) is 4.87. The Balaban J connectivity index is 1.55. The lowest BCUT2D eigenvalue weighted by Crippen LogP contribution is -2.11. The van der Waals surface area contributed by atoms with E-state index in [0.29, 0.717) is 29.0 Å². The average Bonchev–Trinajstić information content (AvgIpc) is 3.25. The molecular formula is C29H30F3NO7S. The van der Waals surface area contributed by atoms with E-state index in [1.165, 1.54) is 24.4 Å². The van der Waals surface area contributed by atoms with Crippen LogP contribution in [0, 0.1) is 13.8 Å². The molecule has 220 valence electrons. The standard InChI is InChI=1S/C29H30F3NO7S/c1-17-9-22(38-7-4-8-41(3,36)37)10-18(2)28(17)19-5-6-24(29(30,31)32)21(11-19)16-40-26-13-25-23(14-33-26)20(15-39-25)12-27(34)35/h5-6,9-11,13-14,20H,4,7-8,12,15-16H2,1-3H3,(H,34,35)/t20-/m0/s1. The number of ether oxygens (including phenoxy) is 3. The summed E-state index contributed by atoms with van der Waals surface area (Å²) < 4.78 is 81.2. The zero-order chi connectivity index (χ0) is 29.9. The molecule has 1 aromatic heterocycles. The highest BCUT2D eigenvalue weighted by atomic mass is 32.2. The van der Waals surface area contributed by atoms with Gasteiger partial charge in [0.1, 0.15) is 27.9 Å². The number of aryl methyl sites for hydroxylation is 2. The van der Waals surface area contributed by atoms with Gasteiger partial charge in [0.05, 0.1) is 31.0 Å². The number of aromatic nitrogens is 1. The first-order valence-corrected chi connectivity index (χ1v) is 14.9. The first-order chi connectivity index (χ1) is 19.2. The molecule has 0 fully saturated rings. The number of rotatable bonds is 11. The van der Waals surface area contributed by atoms with Crippen LogP contribution >= 0.6 is 0 Å². The Morgan fingerprint density at radius 3 is 2.46 bits per heavy atom. The molecule has 0 unspecified atom stereocenters. The number of hydrogen-bond donors (Lipinski definition) is 1. The summed E-state index contributed by atoms with van der Waals surface area (Å²) >= 11 is 0. The molecular weight excluding hydrogens is 563 g/mol. The molecule has 0 spiro atoms. The van der Waals surface area contributed by atoms with Gasteiger partial charge in [-0.15, -0.1) is 0 Å². The molecule has 1 aliphatic rings. The van der Waals surface area contributed by atoms with Crippen molar-refractivity contribution in [2.75, 3.05) is 25.2 Å². The number of fused-ring (bicyclic) bond motifs is 1. The van der Waals surface area contributed by atoms with E-state index in [1.807, 2.05) is 13.8 Å². The summed E-state index contributed by atoms with van der Waals surface area (Å²) in [5.74, 6) is -0.308. The van der Waals surface area contributed by atoms with E-state index in [2.05, 4.69) is 4.98 Å². The van der Waals surface area contributed by atoms with Crippen molar-refractivity contribution in [3.8, 4) is 28.5 Å². The minimum Gasteiger partial charge on any atom is -0.494 e. The number of carbonyl (C=O) groups is 1. The van der Waals surface area contributed by atoms with E-state index in [9.17, 15) is 26.4 Å². The number of hydrogen-bond acceptors (Lipinski definition) is 7. The molecule has 0 amide bonds. The highest BCUT2D eigenvalue weighted by Crippen LogP contribution is 2.39. The van der Waals surface area contributed by atoms with E-state index in [1.54, 1.807) is 12.1 Å². The third-order valence-corrected chi connectivity index (χ3v) is 7.71. The summed E-state index contributed by atoms with van der Waals surface area (Å²) in [6.07, 6.45) is -1.79. The number of sulfone groups is 1. The van der Waals surface area contributed by atoms with Crippen LogP contribution < -0.4 is 14.2 Å². The lowest BCUT2D eigenvalue weighted by Gasteiger charge is -2.18. The van der Waals surface area contributed by atoms with E-state index >= 15 is 0 Å². The van der Waals surface area contributed by atoms with Crippen molar-refractivity contribution < 1.29 is 45.7 Å². The van der Waals surface area contributed by atoms with Gasteiger partial charge >= 0.3 is 12.1 Å². The van der Waals surface area contributed by atoms with Gasteiger partial charge < -0.3 is 19.3 Å². The first kappa shape index (κ1) is 30.2. The maximum absolute atomic E-state index is 13.9. The number of carboxylic acid groups (broad SMARTS) is 1. The predicted molar refractivity (Wildman–Crippen MR) is 145 cm³/mol. The fraction of sp³-hybridized carbons (Fsp3) is 0.379. The largest absolute Gasteiger partial charge is 0.494 e. The molecule has 0 saturated heterocycles. The van der Waals surface area contributed by atoms with Gasteiger partial charge in [-0.05, 0) is 66.8 Å². The van der Waals surface area contributed by atoms with Gasteiger partial charge in [-0.1, -0.05) is 6.07 Å². The lowest BCUT2D eigenvalue weighted by molar-refractivity contribution is -0.139. The molecule has 0 saturated carbocycles. The van der Waals surface area contributed by atoms with Crippen molar-refractivity contribution >= 4 is 15.8 Å². The quantitative estimate of drug-likeness (QED) is 0.281. The molecule has 1 aliphatic heterocycles. The van der Waals surface area contributed by atoms with Crippen LogP contribution in [0.5, 0.6) is 17.4 Å². The van der Waals surface area contributed by atoms with Gasteiger partial charge in [-0.25, -0.2) is 13.4 Å². The normalized spacial score (nSPS) is 14.8. The Labute approximate surface area is 236 Å². The predicted octanol–water partition coefficient (Wildman–Crippen LogP) is 5.73. The summed E-state index contributed by atoms with van der Waals surface area (Å²) in [6.45, 7) is 3.63. The van der Waals surface area contributed by atoms with Gasteiger partial charge in [0.15, 0.2) is 0 Å². The molecule has 1 atom stereocenters. The summed E-state index contributed by atoms with van der Waals surface area (Å²) in [7, 11) is -3.09. The number of aliphatic carboxylic acids is 1. The summed E-state index contributed by atoms with van der Waals surface area (Å²) in [6, 6.07) is 8.87. The lowest BCUT2D eigenvalue weighted by atomic mass is 9.92. The van der Waals surface area contributed by atoms with Crippen molar-refractivity contribution in [3.05, 3.63) is 70.4 Å². The zero-order valence-electron chi connectivity index (χ0n) is 22.7. The number of carboxylic acids is 1. The van der Waals surface area contributed by atoms with Gasteiger partial charge in [0.25, 0.3) is 0 Å². The van der Waals surface area contributed by atoms with Crippen molar-refractivity contribution in [2.24, 2.45) is 0 Å². The number of alkyl halides is 3. The molecule has 41 heavy (non-hydrogen) atoms. The van der Waals surface area contributed by atoms with E-state index in [0.717, 1.165) is 29.0 Å². The number of nitrogens with zero attached hydrogens (tertiary/aromatic N) is 1. The second-order valence-electron chi connectivity index (χ2n) is 10.1. The maximum Gasteiger partial charge on any atom is 0.416 e. The van der Waals surface area contributed by atoms with Gasteiger partial charge in [-0.2, -0.15) is 13.2 Å². The summed E-state index contributed by atoms with van der Waals surface area (Å²) in [5.41, 5.74) is 2.58. The van der Waals surface area contributed by atoms with Crippen LogP contribution in [0.2, 0.25) is 0 Å². The molecule has 3 aromatic rings. The van der Waals surface area contributed by atoms with Gasteiger partial charge in [0, 0.05) is 35.6 Å². The van der Waals surface area contributed by atoms with Crippen LogP contribution in [0.25, 0.3) is 11.1 Å². The molecule has 2 aromatic carbocycles. The van der Waals surface area contributed by atoms with Crippen LogP contribution in [0.1, 0.15) is 46.6 Å². The van der Waals surface area contributed by atoms with Gasteiger partial charge in [-0.3, -0.25) is 4.79 Å². The molecule has 12 heteroatoms. The highest BCUT2D eigenvalue weighted by Gasteiger charge is 2.34. The SMILES string of the molecule is Cc1cc(OCCCS(C)(=O)=O)cc(C)c1-c1ccc(C(F)(F)F)c(COc2cc3c(cn2)[C@@H](CC(=O)O)CO3)c1. The number of halogens is 3. The molecule has 0 radical (unpaired) electrons. The molecule has 0 aliphatic carbocycles. The second-order valence-corrected chi connectivity index (χ2v) is 12.3. The van der Waals surface area contributed by atoms with Crippen LogP contribution in [-0.4, -0.2) is 49.7 Å². The van der Waals surface area contributed by atoms with Crippen LogP contribution in [0.3, 0.4) is 0 Å². The number of pyridine rings is 1. The minimum absolute atomic E-state index is 0.0126. The van der Waals surface area contributed by atoms with Crippen LogP contribution in [0.15, 0.2) is 42.6 Å². The van der Waals surface area contributed by atoms with Crippen molar-refractivity contribution in [1.29, 1.82) is 0 Å². The molecule has 4 rings (SSSR count). The average molecular weight is 594 g/mol. The Kier molecular flexibility index (Phi) is 8.81. The first-order valence-electron chi connectivity index (χ1n) is 12.8. The molecule has 1 N–H and O–H groups in total. The Morgan fingerprint density at radius 1 is 1.12 bits per heavy atom. The highest BCUT2D eigenvalue weighted by molar-refractivity contribution is 7.90. The summed E-state index contributed by atoms with van der Waals surface area (Å²) in [5, 5.41) is 9.06. The van der Waals surface area contributed by atoms with Gasteiger partial charge in [0.2, 0.25) is 5.88 Å². The molecule has 0 bridgehead atoms.